The molecule has 0 radical (unpaired) electrons. The van der Waals surface area contributed by atoms with Crippen LogP contribution in [-0.4, -0.2) is 32.0 Å². The maximum Gasteiger partial charge on any atom is 0.341 e. The van der Waals surface area contributed by atoms with Gasteiger partial charge in [0.2, 0.25) is 15.7 Å². The quantitative estimate of drug-likeness (QED) is 0.808. The van der Waals surface area contributed by atoms with Gasteiger partial charge in [0.1, 0.15) is 5.76 Å². The van der Waals surface area contributed by atoms with Crippen LogP contribution in [0.5, 0.6) is 0 Å². The van der Waals surface area contributed by atoms with Crippen LogP contribution in [0.15, 0.2) is 52.0 Å². The number of carbonyl (C=O) groups excluding carboxylic acids is 1. The zero-order valence-electron chi connectivity index (χ0n) is 12.3. The molecular weight excluding hydrogens is 328 g/mol. The Hall–Kier alpha value is -2.22. The molecule has 0 bridgehead atoms. The maximum absolute atomic E-state index is 12.4. The highest BCUT2D eigenvalue weighted by molar-refractivity contribution is 7.91. The molecule has 1 aromatic heterocycles. The van der Waals surface area contributed by atoms with Crippen molar-refractivity contribution in [1.29, 1.82) is 0 Å². The minimum absolute atomic E-state index is 0.0339. The van der Waals surface area contributed by atoms with Gasteiger partial charge < -0.3 is 9.32 Å². The van der Waals surface area contributed by atoms with Crippen molar-refractivity contribution in [3.63, 3.8) is 0 Å². The number of nitrogens with zero attached hydrogens (tertiary/aromatic N) is 1. The number of halogens is 2. The summed E-state index contributed by atoms with van der Waals surface area (Å²) in [7, 11) is -3.00. The van der Waals surface area contributed by atoms with E-state index in [1.807, 2.05) is 0 Å². The summed E-state index contributed by atoms with van der Waals surface area (Å²) in [5, 5.41) is 0. The Morgan fingerprint density at radius 3 is 2.39 bits per heavy atom. The molecule has 2 rings (SSSR count). The van der Waals surface area contributed by atoms with Crippen LogP contribution in [0.3, 0.4) is 0 Å². The topological polar surface area (TPSA) is 67.6 Å². The first kappa shape index (κ1) is 17.1. The van der Waals surface area contributed by atoms with Crippen molar-refractivity contribution in [2.75, 3.05) is 7.05 Å². The summed E-state index contributed by atoms with van der Waals surface area (Å²) in [6.07, 6.45) is 1.54. The minimum Gasteiger partial charge on any atom is -0.467 e. The molecule has 0 aliphatic rings. The first-order valence-electron chi connectivity index (χ1n) is 6.68. The van der Waals surface area contributed by atoms with Crippen LogP contribution in [0.2, 0.25) is 0 Å². The van der Waals surface area contributed by atoms with Gasteiger partial charge in [0, 0.05) is 7.05 Å². The van der Waals surface area contributed by atoms with Crippen molar-refractivity contribution in [3.8, 4) is 0 Å². The van der Waals surface area contributed by atoms with Crippen LogP contribution in [0.1, 0.15) is 11.3 Å². The Balaban J connectivity index is 2.02. The van der Waals surface area contributed by atoms with Crippen molar-refractivity contribution in [2.45, 2.75) is 23.6 Å². The van der Waals surface area contributed by atoms with Gasteiger partial charge in [-0.1, -0.05) is 12.1 Å². The zero-order valence-corrected chi connectivity index (χ0v) is 13.1. The molecule has 0 N–H and O–H groups in total. The minimum atomic E-state index is -4.61. The van der Waals surface area contributed by atoms with E-state index in [2.05, 4.69) is 0 Å². The second kappa shape index (κ2) is 6.91. The molecule has 1 heterocycles. The van der Waals surface area contributed by atoms with Gasteiger partial charge in [0.05, 0.1) is 24.1 Å². The van der Waals surface area contributed by atoms with Gasteiger partial charge in [-0.2, -0.15) is 8.78 Å². The van der Waals surface area contributed by atoms with Gasteiger partial charge in [0.15, 0.2) is 0 Å². The van der Waals surface area contributed by atoms with Crippen molar-refractivity contribution in [3.05, 3.63) is 54.0 Å². The maximum atomic E-state index is 12.4. The highest BCUT2D eigenvalue weighted by Gasteiger charge is 2.26. The van der Waals surface area contributed by atoms with Crippen LogP contribution < -0.4 is 0 Å². The lowest BCUT2D eigenvalue weighted by molar-refractivity contribution is -0.129. The smallest absolute Gasteiger partial charge is 0.341 e. The highest BCUT2D eigenvalue weighted by Crippen LogP contribution is 2.19. The number of sulfone groups is 1. The summed E-state index contributed by atoms with van der Waals surface area (Å²) < 4.78 is 52.7. The second-order valence-electron chi connectivity index (χ2n) is 4.96. The first-order valence-corrected chi connectivity index (χ1v) is 8.22. The van der Waals surface area contributed by atoms with E-state index in [-0.39, 0.29) is 12.3 Å². The first-order chi connectivity index (χ1) is 10.8. The third-order valence-electron chi connectivity index (χ3n) is 3.24. The average molecular weight is 343 g/mol. The monoisotopic (exact) mass is 343 g/mol. The lowest BCUT2D eigenvalue weighted by Crippen LogP contribution is -2.27. The van der Waals surface area contributed by atoms with Crippen LogP contribution in [-0.2, 0) is 27.6 Å². The molecule has 8 heteroatoms. The lowest BCUT2D eigenvalue weighted by Gasteiger charge is -2.15. The van der Waals surface area contributed by atoms with Crippen molar-refractivity contribution in [1.82, 2.24) is 4.90 Å². The fourth-order valence-electron chi connectivity index (χ4n) is 1.93. The third kappa shape index (κ3) is 4.16. The molecule has 0 unspecified atom stereocenters. The van der Waals surface area contributed by atoms with E-state index >= 15 is 0 Å². The predicted molar refractivity (Wildman–Crippen MR) is 78.5 cm³/mol. The van der Waals surface area contributed by atoms with E-state index in [1.165, 1.54) is 23.3 Å². The third-order valence-corrected chi connectivity index (χ3v) is 4.64. The Labute approximate surface area is 132 Å². The standard InChI is InChI=1S/C15H15F2NO4S/c1-18(10-12-3-2-8-22-12)14(19)9-11-4-6-13(7-5-11)23(20,21)15(16)17/h2-8,15H,9-10H2,1H3. The van der Waals surface area contributed by atoms with E-state index in [4.69, 9.17) is 4.42 Å². The molecular formula is C15H15F2NO4S. The van der Waals surface area contributed by atoms with Gasteiger partial charge in [0.25, 0.3) is 0 Å². The predicted octanol–water partition coefficient (Wildman–Crippen LogP) is 2.48. The number of alkyl halides is 2. The number of benzene rings is 1. The largest absolute Gasteiger partial charge is 0.467 e. The Morgan fingerprint density at radius 2 is 1.87 bits per heavy atom. The molecule has 0 saturated carbocycles. The summed E-state index contributed by atoms with van der Waals surface area (Å²) >= 11 is 0. The van der Waals surface area contributed by atoms with Crippen LogP contribution in [0.4, 0.5) is 8.78 Å². The molecule has 0 aliphatic heterocycles. The summed E-state index contributed by atoms with van der Waals surface area (Å²) in [5.74, 6) is -3.03. The van der Waals surface area contributed by atoms with Crippen molar-refractivity contribution in [2.24, 2.45) is 0 Å². The van der Waals surface area contributed by atoms with Crippen molar-refractivity contribution >= 4 is 15.7 Å². The van der Waals surface area contributed by atoms with Gasteiger partial charge in [-0.25, -0.2) is 8.42 Å². The molecule has 0 atom stereocenters. The van der Waals surface area contributed by atoms with E-state index in [0.29, 0.717) is 17.9 Å². The van der Waals surface area contributed by atoms with Crippen LogP contribution in [0.25, 0.3) is 0 Å². The molecule has 1 amide bonds. The van der Waals surface area contributed by atoms with Gasteiger partial charge >= 0.3 is 5.76 Å². The van der Waals surface area contributed by atoms with E-state index in [0.717, 1.165) is 12.1 Å². The van der Waals surface area contributed by atoms with Crippen molar-refractivity contribution < 1.29 is 26.4 Å². The second-order valence-corrected chi connectivity index (χ2v) is 6.87. The van der Waals surface area contributed by atoms with Gasteiger partial charge in [-0.3, -0.25) is 4.79 Å². The molecule has 23 heavy (non-hydrogen) atoms. The molecule has 2 aromatic rings. The Morgan fingerprint density at radius 1 is 1.22 bits per heavy atom. The number of furan rings is 1. The summed E-state index contributed by atoms with van der Waals surface area (Å²) in [6.45, 7) is 0.309. The molecule has 1 aromatic carbocycles. The number of amides is 1. The van der Waals surface area contributed by atoms with Gasteiger partial charge in [-0.15, -0.1) is 0 Å². The van der Waals surface area contributed by atoms with E-state index in [9.17, 15) is 22.0 Å². The fraction of sp³-hybridized carbons (Fsp3) is 0.267. The molecule has 0 spiro atoms. The lowest BCUT2D eigenvalue weighted by atomic mass is 10.1. The summed E-state index contributed by atoms with van der Waals surface area (Å²) in [6, 6.07) is 8.33. The Bertz CT molecular complexity index is 755. The number of carbonyl (C=O) groups is 1. The van der Waals surface area contributed by atoms with Crippen LogP contribution in [0, 0.1) is 0 Å². The zero-order chi connectivity index (χ0) is 17.0. The van der Waals surface area contributed by atoms with Crippen LogP contribution >= 0.6 is 0 Å². The molecule has 0 fully saturated rings. The van der Waals surface area contributed by atoms with E-state index < -0.39 is 20.5 Å². The highest BCUT2D eigenvalue weighted by atomic mass is 32.2. The normalized spacial score (nSPS) is 11.7. The molecule has 0 saturated heterocycles. The Kier molecular flexibility index (Phi) is 5.15. The number of likely N-dealkylation sites (N-methyl/N-ethyl adjacent to an activating group) is 1. The summed E-state index contributed by atoms with van der Waals surface area (Å²) in [5.41, 5.74) is 0.537. The number of rotatable bonds is 6. The SMILES string of the molecule is CN(Cc1ccco1)C(=O)Cc1ccc(S(=O)(=O)C(F)F)cc1. The molecule has 0 aliphatic carbocycles. The number of hydrogen-bond acceptors (Lipinski definition) is 4. The number of hydrogen-bond donors (Lipinski definition) is 0. The molecule has 124 valence electrons. The van der Waals surface area contributed by atoms with E-state index in [1.54, 1.807) is 19.2 Å². The summed E-state index contributed by atoms with van der Waals surface area (Å²) in [4.78, 5) is 13.1. The van der Waals surface area contributed by atoms with Gasteiger partial charge in [-0.05, 0) is 29.8 Å². The fourth-order valence-corrected chi connectivity index (χ4v) is 2.66. The molecule has 5 nitrogen and oxygen atoms in total. The average Bonchev–Trinajstić information content (AvgIpc) is 3.00.